The Hall–Kier alpha value is -3.00. The van der Waals surface area contributed by atoms with Gasteiger partial charge in [-0.2, -0.15) is 0 Å². The number of morpholine rings is 1. The van der Waals surface area contributed by atoms with Gasteiger partial charge in [-0.15, -0.1) is 0 Å². The number of benzene rings is 2. The molecule has 7 heteroatoms. The van der Waals surface area contributed by atoms with E-state index >= 15 is 0 Å². The van der Waals surface area contributed by atoms with Crippen LogP contribution in [0.3, 0.4) is 0 Å². The summed E-state index contributed by atoms with van der Waals surface area (Å²) in [5.41, 5.74) is 2.19. The number of rotatable bonds is 7. The van der Waals surface area contributed by atoms with Crippen molar-refractivity contribution in [2.45, 2.75) is 12.5 Å². The van der Waals surface area contributed by atoms with Gasteiger partial charge in [-0.1, -0.05) is 42.5 Å². The summed E-state index contributed by atoms with van der Waals surface area (Å²) in [5, 5.41) is 3.18. The van der Waals surface area contributed by atoms with E-state index in [1.807, 2.05) is 54.6 Å². The van der Waals surface area contributed by atoms with Crippen LogP contribution in [0.5, 0.6) is 0 Å². The molecule has 0 aliphatic carbocycles. The molecule has 0 radical (unpaired) electrons. The second-order valence-electron chi connectivity index (χ2n) is 8.49. The highest BCUT2D eigenvalue weighted by atomic mass is 16.5. The fourth-order valence-electron chi connectivity index (χ4n) is 4.65. The van der Waals surface area contributed by atoms with E-state index in [0.29, 0.717) is 35.2 Å². The van der Waals surface area contributed by atoms with Crippen LogP contribution >= 0.6 is 0 Å². The van der Waals surface area contributed by atoms with Gasteiger partial charge in [0.25, 0.3) is 5.91 Å². The summed E-state index contributed by atoms with van der Waals surface area (Å²) in [6.07, 6.45) is 2.72. The molecule has 2 aliphatic heterocycles. The molecule has 1 amide bonds. The Bertz CT molecular complexity index is 1060. The molecule has 0 spiro atoms. The van der Waals surface area contributed by atoms with E-state index in [-0.39, 0.29) is 11.9 Å². The molecular formula is C26H29N3O4. The monoisotopic (exact) mass is 447 g/mol. The van der Waals surface area contributed by atoms with Gasteiger partial charge in [-0.3, -0.25) is 9.69 Å². The molecule has 3 aromatic rings. The first-order chi connectivity index (χ1) is 16.3. The minimum atomic E-state index is -0.123. The number of nitrogens with one attached hydrogen (secondary N) is 1. The van der Waals surface area contributed by atoms with Crippen molar-refractivity contribution in [3.63, 3.8) is 0 Å². The number of hydrogen-bond donors (Lipinski definition) is 1. The molecule has 3 heterocycles. The molecule has 7 nitrogen and oxygen atoms in total. The molecule has 172 valence electrons. The Morgan fingerprint density at radius 2 is 1.82 bits per heavy atom. The Kier molecular flexibility index (Phi) is 6.81. The third-order valence-electron chi connectivity index (χ3n) is 6.46. The molecule has 2 aliphatic rings. The highest BCUT2D eigenvalue weighted by molar-refractivity contribution is 6.00. The van der Waals surface area contributed by atoms with Gasteiger partial charge < -0.3 is 19.2 Å². The maximum Gasteiger partial charge on any atom is 0.252 e. The molecule has 2 saturated heterocycles. The Balaban J connectivity index is 1.32. The van der Waals surface area contributed by atoms with Gasteiger partial charge in [-0.05, 0) is 18.6 Å². The summed E-state index contributed by atoms with van der Waals surface area (Å²) in [4.78, 5) is 20.1. The summed E-state index contributed by atoms with van der Waals surface area (Å²) in [7, 11) is 0. The third kappa shape index (κ3) is 5.00. The Morgan fingerprint density at radius 1 is 1.03 bits per heavy atom. The lowest BCUT2D eigenvalue weighted by molar-refractivity contribution is 0.00166. The van der Waals surface area contributed by atoms with Crippen LogP contribution in [0, 0.1) is 5.92 Å². The van der Waals surface area contributed by atoms with Crippen LogP contribution in [0.2, 0.25) is 0 Å². The first-order valence-electron chi connectivity index (χ1n) is 11.6. The Morgan fingerprint density at radius 3 is 2.61 bits per heavy atom. The molecule has 2 atom stereocenters. The van der Waals surface area contributed by atoms with Crippen LogP contribution < -0.4 is 5.32 Å². The van der Waals surface area contributed by atoms with Gasteiger partial charge in [0.2, 0.25) is 5.89 Å². The topological polar surface area (TPSA) is 76.8 Å². The molecule has 0 saturated carbocycles. The number of nitrogens with zero attached hydrogens (tertiary/aromatic N) is 2. The minimum absolute atomic E-state index is 0.123. The molecule has 2 fully saturated rings. The molecule has 0 bridgehead atoms. The summed E-state index contributed by atoms with van der Waals surface area (Å²) < 4.78 is 17.2. The smallest absolute Gasteiger partial charge is 0.252 e. The van der Waals surface area contributed by atoms with Crippen molar-refractivity contribution in [2.75, 3.05) is 46.1 Å². The van der Waals surface area contributed by atoms with Gasteiger partial charge in [0.1, 0.15) is 0 Å². The number of carbonyl (C=O) groups excluding carboxylic acids is 1. The largest absolute Gasteiger partial charge is 0.436 e. The molecule has 1 aromatic heterocycles. The van der Waals surface area contributed by atoms with E-state index in [1.165, 1.54) is 0 Å². The number of hydrogen-bond acceptors (Lipinski definition) is 6. The van der Waals surface area contributed by atoms with Crippen LogP contribution in [-0.2, 0) is 9.47 Å². The molecular weight excluding hydrogens is 418 g/mol. The predicted octanol–water partition coefficient (Wildman–Crippen LogP) is 3.48. The SMILES string of the molecule is O=C(NC[C@H]([C@H]1CCOC1)N1CCOCC1)c1ccccc1-c1ncc(-c2ccccc2)o1. The summed E-state index contributed by atoms with van der Waals surface area (Å²) >= 11 is 0. The van der Waals surface area contributed by atoms with Gasteiger partial charge in [-0.25, -0.2) is 4.98 Å². The van der Waals surface area contributed by atoms with Crippen LogP contribution in [0.4, 0.5) is 0 Å². The number of ether oxygens (including phenoxy) is 2. The lowest BCUT2D eigenvalue weighted by Crippen LogP contribution is -2.52. The second-order valence-corrected chi connectivity index (χ2v) is 8.49. The predicted molar refractivity (Wildman–Crippen MR) is 125 cm³/mol. The van der Waals surface area contributed by atoms with Crippen molar-refractivity contribution in [1.29, 1.82) is 0 Å². The standard InChI is InChI=1S/C26H29N3O4/c30-25(27-16-23(20-10-13-32-18-20)29-11-14-31-15-12-29)21-8-4-5-9-22(21)26-28-17-24(33-26)19-6-2-1-3-7-19/h1-9,17,20,23H,10-16,18H2,(H,27,30)/t20-,23+/m0/s1. The summed E-state index contributed by atoms with van der Waals surface area (Å²) in [6.45, 7) is 5.33. The molecule has 0 unspecified atom stereocenters. The van der Waals surface area contributed by atoms with Crippen molar-refractivity contribution >= 4 is 5.91 Å². The van der Waals surface area contributed by atoms with Gasteiger partial charge in [0.05, 0.1) is 31.6 Å². The number of carbonyl (C=O) groups is 1. The minimum Gasteiger partial charge on any atom is -0.436 e. The van der Waals surface area contributed by atoms with Gasteiger partial charge in [0, 0.05) is 49.3 Å². The van der Waals surface area contributed by atoms with Crippen LogP contribution in [-0.4, -0.2) is 67.9 Å². The zero-order chi connectivity index (χ0) is 22.5. The first kappa shape index (κ1) is 21.8. The quantitative estimate of drug-likeness (QED) is 0.598. The van der Waals surface area contributed by atoms with Crippen LogP contribution in [0.15, 0.2) is 65.2 Å². The van der Waals surface area contributed by atoms with E-state index < -0.39 is 0 Å². The fraction of sp³-hybridized carbons (Fsp3) is 0.385. The van der Waals surface area contributed by atoms with Crippen molar-refractivity contribution in [1.82, 2.24) is 15.2 Å². The number of aromatic nitrogens is 1. The van der Waals surface area contributed by atoms with Crippen molar-refractivity contribution in [2.24, 2.45) is 5.92 Å². The molecule has 33 heavy (non-hydrogen) atoms. The third-order valence-corrected chi connectivity index (χ3v) is 6.46. The lowest BCUT2D eigenvalue weighted by Gasteiger charge is -2.37. The fourth-order valence-corrected chi connectivity index (χ4v) is 4.65. The van der Waals surface area contributed by atoms with E-state index in [0.717, 1.165) is 51.5 Å². The highest BCUT2D eigenvalue weighted by Gasteiger charge is 2.32. The molecule has 5 rings (SSSR count). The van der Waals surface area contributed by atoms with E-state index in [1.54, 1.807) is 6.20 Å². The van der Waals surface area contributed by atoms with E-state index in [2.05, 4.69) is 15.2 Å². The lowest BCUT2D eigenvalue weighted by atomic mass is 9.96. The first-order valence-corrected chi connectivity index (χ1v) is 11.6. The zero-order valence-corrected chi connectivity index (χ0v) is 18.6. The molecule has 1 N–H and O–H groups in total. The number of oxazole rings is 1. The summed E-state index contributed by atoms with van der Waals surface area (Å²) in [6, 6.07) is 17.5. The Labute approximate surface area is 193 Å². The molecule has 2 aromatic carbocycles. The van der Waals surface area contributed by atoms with Crippen LogP contribution in [0.1, 0.15) is 16.8 Å². The van der Waals surface area contributed by atoms with Crippen molar-refractivity contribution in [3.8, 4) is 22.8 Å². The van der Waals surface area contributed by atoms with Crippen molar-refractivity contribution in [3.05, 3.63) is 66.4 Å². The average molecular weight is 448 g/mol. The zero-order valence-electron chi connectivity index (χ0n) is 18.6. The van der Waals surface area contributed by atoms with Gasteiger partial charge in [0.15, 0.2) is 5.76 Å². The average Bonchev–Trinajstić information content (AvgIpc) is 3.58. The van der Waals surface area contributed by atoms with Crippen molar-refractivity contribution < 1.29 is 18.7 Å². The maximum atomic E-state index is 13.3. The van der Waals surface area contributed by atoms with Crippen LogP contribution in [0.25, 0.3) is 22.8 Å². The van der Waals surface area contributed by atoms with Gasteiger partial charge >= 0.3 is 0 Å². The number of amides is 1. The van der Waals surface area contributed by atoms with E-state index in [4.69, 9.17) is 13.9 Å². The normalized spacial score (nSPS) is 19.9. The maximum absolute atomic E-state index is 13.3. The van der Waals surface area contributed by atoms with E-state index in [9.17, 15) is 4.79 Å². The second kappa shape index (κ2) is 10.3. The summed E-state index contributed by atoms with van der Waals surface area (Å²) in [5.74, 6) is 1.41. The highest BCUT2D eigenvalue weighted by Crippen LogP contribution is 2.28.